The number of likely N-dealkylation sites (tertiary alicyclic amines) is 1. The third kappa shape index (κ3) is 3.67. The first-order chi connectivity index (χ1) is 13.5. The molecule has 2 atom stereocenters. The first kappa shape index (κ1) is 18.7. The summed E-state index contributed by atoms with van der Waals surface area (Å²) in [5.41, 5.74) is -0.0147. The number of aryl methyl sites for hydroxylation is 1. The molecule has 0 spiro atoms. The van der Waals surface area contributed by atoms with E-state index >= 15 is 0 Å². The highest BCUT2D eigenvalue weighted by Crippen LogP contribution is 2.37. The van der Waals surface area contributed by atoms with Crippen LogP contribution in [-0.4, -0.2) is 50.1 Å². The summed E-state index contributed by atoms with van der Waals surface area (Å²) >= 11 is 0. The van der Waals surface area contributed by atoms with Gasteiger partial charge in [0.15, 0.2) is 0 Å². The van der Waals surface area contributed by atoms with E-state index in [-0.39, 0.29) is 18.3 Å². The molecule has 148 valence electrons. The molecule has 0 bridgehead atoms. The quantitative estimate of drug-likeness (QED) is 0.815. The molecule has 7 nitrogen and oxygen atoms in total. The smallest absolute Gasteiger partial charge is 0.307 e. The van der Waals surface area contributed by atoms with E-state index in [1.165, 1.54) is 0 Å². The molecule has 2 aliphatic rings. The lowest BCUT2D eigenvalue weighted by Crippen LogP contribution is -2.50. The van der Waals surface area contributed by atoms with Crippen molar-refractivity contribution in [2.45, 2.75) is 44.4 Å². The number of aromatic nitrogens is 2. The van der Waals surface area contributed by atoms with Crippen molar-refractivity contribution in [3.8, 4) is 0 Å². The lowest BCUT2D eigenvalue weighted by Gasteiger charge is -2.39. The number of aliphatic hydroxyl groups is 1. The van der Waals surface area contributed by atoms with Gasteiger partial charge >= 0.3 is 5.97 Å². The summed E-state index contributed by atoms with van der Waals surface area (Å²) in [5.74, 6) is -0.0481. The van der Waals surface area contributed by atoms with Crippen LogP contribution in [0.25, 0.3) is 0 Å². The second-order valence-corrected chi connectivity index (χ2v) is 7.78. The number of esters is 1. The number of nitrogens with zero attached hydrogens (tertiary/aromatic N) is 3. The van der Waals surface area contributed by atoms with Crippen LogP contribution in [0.4, 0.5) is 0 Å². The van der Waals surface area contributed by atoms with Gasteiger partial charge in [-0.25, -0.2) is 4.98 Å². The lowest BCUT2D eigenvalue weighted by atomic mass is 9.88. The Morgan fingerprint density at radius 2 is 2.00 bits per heavy atom. The second-order valence-electron chi connectivity index (χ2n) is 7.78. The predicted molar refractivity (Wildman–Crippen MR) is 101 cm³/mol. The summed E-state index contributed by atoms with van der Waals surface area (Å²) in [6.45, 7) is 3.31. The Kier molecular flexibility index (Phi) is 4.93. The minimum atomic E-state index is -0.858. The Balaban J connectivity index is 1.42. The summed E-state index contributed by atoms with van der Waals surface area (Å²) in [5, 5.41) is 10.9. The number of carbonyl (C=O) groups is 2. The summed E-state index contributed by atoms with van der Waals surface area (Å²) in [7, 11) is 0. The number of piperidine rings is 1. The van der Waals surface area contributed by atoms with E-state index in [1.54, 1.807) is 11.1 Å². The lowest BCUT2D eigenvalue weighted by molar-refractivity contribution is -0.143. The van der Waals surface area contributed by atoms with E-state index in [9.17, 15) is 14.7 Å². The molecule has 1 N–H and O–H groups in total. The highest BCUT2D eigenvalue weighted by Gasteiger charge is 2.44. The number of benzene rings is 1. The van der Waals surface area contributed by atoms with Gasteiger partial charge < -0.3 is 19.3 Å². The Hall–Kier alpha value is -2.67. The first-order valence-electron chi connectivity index (χ1n) is 9.68. The van der Waals surface area contributed by atoms with Crippen molar-refractivity contribution in [2.75, 3.05) is 13.1 Å². The highest BCUT2D eigenvalue weighted by atomic mass is 16.6. The number of amides is 1. The van der Waals surface area contributed by atoms with Gasteiger partial charge in [0.1, 0.15) is 11.9 Å². The number of rotatable bonds is 4. The standard InChI is InChI=1S/C21H25N3O4/c1-15-22-9-12-24(15)14-21(27)7-10-23(11-8-21)20(26)17-13-18(25)28-19(17)16-5-3-2-4-6-16/h2-6,9,12,17,19,27H,7-8,10-11,13-14H2,1H3/t17-,19+/m0/s1. The van der Waals surface area contributed by atoms with Crippen molar-refractivity contribution in [2.24, 2.45) is 5.92 Å². The van der Waals surface area contributed by atoms with Gasteiger partial charge in [0, 0.05) is 25.5 Å². The number of hydrogen-bond acceptors (Lipinski definition) is 5. The monoisotopic (exact) mass is 383 g/mol. The van der Waals surface area contributed by atoms with E-state index in [2.05, 4.69) is 4.98 Å². The maximum Gasteiger partial charge on any atom is 0.307 e. The van der Waals surface area contributed by atoms with Crippen LogP contribution in [0.2, 0.25) is 0 Å². The van der Waals surface area contributed by atoms with Gasteiger partial charge in [-0.05, 0) is 25.3 Å². The van der Waals surface area contributed by atoms with E-state index in [0.717, 1.165) is 11.4 Å². The van der Waals surface area contributed by atoms with Crippen molar-refractivity contribution in [3.05, 3.63) is 54.1 Å². The molecule has 0 radical (unpaired) electrons. The second kappa shape index (κ2) is 7.39. The normalized spacial score (nSPS) is 24.2. The third-order valence-corrected chi connectivity index (χ3v) is 5.85. The van der Waals surface area contributed by atoms with E-state index in [1.807, 2.05) is 48.0 Å². The number of hydrogen-bond donors (Lipinski definition) is 1. The fraction of sp³-hybridized carbons (Fsp3) is 0.476. The molecule has 4 rings (SSSR count). The summed E-state index contributed by atoms with van der Waals surface area (Å²) < 4.78 is 7.39. The zero-order valence-electron chi connectivity index (χ0n) is 16.0. The van der Waals surface area contributed by atoms with Gasteiger partial charge in [-0.15, -0.1) is 0 Å². The van der Waals surface area contributed by atoms with Crippen LogP contribution in [0.3, 0.4) is 0 Å². The maximum atomic E-state index is 13.1. The summed E-state index contributed by atoms with van der Waals surface area (Å²) in [4.78, 5) is 31.0. The van der Waals surface area contributed by atoms with E-state index in [4.69, 9.17) is 4.74 Å². The SMILES string of the molecule is Cc1nccn1CC1(O)CCN(C(=O)[C@H]2CC(=O)O[C@@H]2c2ccccc2)CC1. The van der Waals surface area contributed by atoms with Gasteiger partial charge in [-0.1, -0.05) is 30.3 Å². The van der Waals surface area contributed by atoms with Crippen LogP contribution in [-0.2, 0) is 20.9 Å². The minimum absolute atomic E-state index is 0.0689. The van der Waals surface area contributed by atoms with Crippen molar-refractivity contribution >= 4 is 11.9 Å². The van der Waals surface area contributed by atoms with Gasteiger partial charge in [-0.2, -0.15) is 0 Å². The summed E-state index contributed by atoms with van der Waals surface area (Å²) in [6, 6.07) is 9.41. The molecule has 7 heteroatoms. The molecule has 0 unspecified atom stereocenters. The van der Waals surface area contributed by atoms with Crippen molar-refractivity contribution < 1.29 is 19.4 Å². The third-order valence-electron chi connectivity index (χ3n) is 5.85. The van der Waals surface area contributed by atoms with Crippen molar-refractivity contribution in [1.29, 1.82) is 0 Å². The molecular formula is C21H25N3O4. The van der Waals surface area contributed by atoms with Crippen LogP contribution >= 0.6 is 0 Å². The zero-order chi connectivity index (χ0) is 19.7. The van der Waals surface area contributed by atoms with E-state index < -0.39 is 17.6 Å². The number of cyclic esters (lactones) is 1. The molecule has 2 aliphatic heterocycles. The molecule has 2 fully saturated rings. The highest BCUT2D eigenvalue weighted by molar-refractivity contribution is 5.87. The van der Waals surface area contributed by atoms with Crippen LogP contribution in [0.15, 0.2) is 42.7 Å². The molecule has 1 amide bonds. The Morgan fingerprint density at radius 1 is 1.29 bits per heavy atom. The first-order valence-corrected chi connectivity index (χ1v) is 9.68. The molecule has 1 aromatic heterocycles. The molecule has 3 heterocycles. The minimum Gasteiger partial charge on any atom is -0.457 e. The predicted octanol–water partition coefficient (Wildman–Crippen LogP) is 1.85. The Bertz CT molecular complexity index is 856. The van der Waals surface area contributed by atoms with Gasteiger partial charge in [-0.3, -0.25) is 9.59 Å². The average molecular weight is 383 g/mol. The van der Waals surface area contributed by atoms with Gasteiger partial charge in [0.2, 0.25) is 5.91 Å². The van der Waals surface area contributed by atoms with Crippen molar-refractivity contribution in [1.82, 2.24) is 14.5 Å². The Morgan fingerprint density at radius 3 is 2.64 bits per heavy atom. The van der Waals surface area contributed by atoms with Gasteiger partial charge in [0.25, 0.3) is 0 Å². The maximum absolute atomic E-state index is 13.1. The van der Waals surface area contributed by atoms with Crippen LogP contribution in [0.5, 0.6) is 0 Å². The van der Waals surface area contributed by atoms with Crippen LogP contribution < -0.4 is 0 Å². The van der Waals surface area contributed by atoms with Crippen LogP contribution in [0, 0.1) is 12.8 Å². The fourth-order valence-electron chi connectivity index (χ4n) is 4.14. The molecule has 1 aromatic carbocycles. The summed E-state index contributed by atoms with van der Waals surface area (Å²) in [6.07, 6.45) is 4.14. The Labute approximate surface area is 163 Å². The van der Waals surface area contributed by atoms with Crippen LogP contribution in [0.1, 0.15) is 36.8 Å². The average Bonchev–Trinajstić information content (AvgIpc) is 3.28. The topological polar surface area (TPSA) is 84.7 Å². The number of carbonyl (C=O) groups excluding carboxylic acids is 2. The fourth-order valence-corrected chi connectivity index (χ4v) is 4.14. The molecule has 28 heavy (non-hydrogen) atoms. The molecular weight excluding hydrogens is 358 g/mol. The molecule has 2 aromatic rings. The number of imidazole rings is 1. The largest absolute Gasteiger partial charge is 0.457 e. The number of ether oxygens (including phenoxy) is 1. The van der Waals surface area contributed by atoms with Gasteiger partial charge in [0.05, 0.1) is 24.5 Å². The molecule has 2 saturated heterocycles. The zero-order valence-corrected chi connectivity index (χ0v) is 16.0. The van der Waals surface area contributed by atoms with Crippen molar-refractivity contribution in [3.63, 3.8) is 0 Å². The molecule has 0 aliphatic carbocycles. The molecule has 0 saturated carbocycles. The van der Waals surface area contributed by atoms with E-state index in [0.29, 0.717) is 32.5 Å².